The van der Waals surface area contributed by atoms with Gasteiger partial charge in [-0.05, 0) is 31.5 Å². The van der Waals surface area contributed by atoms with Crippen LogP contribution in [0.4, 0.5) is 5.69 Å². The Morgan fingerprint density at radius 2 is 2.28 bits per heavy atom. The molecule has 100 valence electrons. The van der Waals surface area contributed by atoms with Crippen LogP contribution in [0, 0.1) is 6.92 Å². The number of carbonyl (C=O) groups is 1. The summed E-state index contributed by atoms with van der Waals surface area (Å²) in [6.45, 7) is 5.89. The number of aryl methyl sites for hydroxylation is 1. The Morgan fingerprint density at radius 3 is 2.94 bits per heavy atom. The summed E-state index contributed by atoms with van der Waals surface area (Å²) < 4.78 is 6.67. The molecule has 0 aliphatic carbocycles. The number of esters is 1. The maximum Gasteiger partial charge on any atom is 0.319 e. The van der Waals surface area contributed by atoms with Crippen LogP contribution in [0.3, 0.4) is 0 Å². The summed E-state index contributed by atoms with van der Waals surface area (Å²) in [5.74, 6) is -0.223. The lowest BCUT2D eigenvalue weighted by atomic mass is 10.2. The summed E-state index contributed by atoms with van der Waals surface area (Å²) in [4.78, 5) is 11.1. The number of nitrogens with zero attached hydrogens (tertiary/aromatic N) is 1. The first-order valence-electron chi connectivity index (χ1n) is 6.03. The molecule has 4 nitrogen and oxygen atoms in total. The zero-order chi connectivity index (χ0) is 13.4. The zero-order valence-electron chi connectivity index (χ0n) is 10.8. The van der Waals surface area contributed by atoms with Crippen LogP contribution < -0.4 is 9.62 Å². The lowest BCUT2D eigenvalue weighted by Gasteiger charge is -2.18. The van der Waals surface area contributed by atoms with Gasteiger partial charge < -0.3 is 14.4 Å². The van der Waals surface area contributed by atoms with Gasteiger partial charge in [-0.25, -0.2) is 0 Å². The van der Waals surface area contributed by atoms with Gasteiger partial charge in [0.25, 0.3) is 0 Å². The van der Waals surface area contributed by atoms with Crippen molar-refractivity contribution in [2.75, 3.05) is 30.5 Å². The van der Waals surface area contributed by atoms with Gasteiger partial charge in [-0.1, -0.05) is 24.9 Å². The maximum absolute atomic E-state index is 11.1. The molecule has 0 radical (unpaired) electrons. The number of carbonyl (C=O) groups excluding carboxylic acids is 1. The fourth-order valence-electron chi connectivity index (χ4n) is 1.51. The molecule has 0 aromatic heterocycles. The van der Waals surface area contributed by atoms with E-state index >= 15 is 0 Å². The van der Waals surface area contributed by atoms with Crippen LogP contribution in [0.15, 0.2) is 24.3 Å². The summed E-state index contributed by atoms with van der Waals surface area (Å²) >= 11 is 4.41. The lowest BCUT2D eigenvalue weighted by molar-refractivity contribution is -0.141. The summed E-state index contributed by atoms with van der Waals surface area (Å²) in [5.41, 5.74) is 2.25. The Morgan fingerprint density at radius 1 is 1.50 bits per heavy atom. The van der Waals surface area contributed by atoms with Crippen molar-refractivity contribution in [1.29, 1.82) is 0 Å². The summed E-state index contributed by atoms with van der Waals surface area (Å²) in [5, 5.41) is 3.02. The number of ether oxygens (including phenoxy) is 1. The normalized spacial score (nSPS) is 10.2. The molecule has 0 aliphatic heterocycles. The third-order valence-corrected chi connectivity index (χ3v) is 2.81. The van der Waals surface area contributed by atoms with Crippen LogP contribution >= 0.6 is 12.8 Å². The Bertz CT molecular complexity index is 385. The number of rotatable bonds is 7. The Kier molecular flexibility index (Phi) is 6.60. The predicted molar refractivity (Wildman–Crippen MR) is 77.0 cm³/mol. The van der Waals surface area contributed by atoms with Gasteiger partial charge in [0.05, 0.1) is 13.2 Å². The molecule has 0 aliphatic rings. The molecule has 1 rings (SSSR count). The molecule has 0 saturated heterocycles. The van der Waals surface area contributed by atoms with E-state index in [0.717, 1.165) is 5.69 Å². The standard InChI is InChI=1S/C13H20N2O2S/c1-3-17-13(16)10-14-7-8-15(18)12-6-4-5-11(2)9-12/h4-6,9,14,18H,3,7-8,10H2,1-2H3. The molecule has 1 aromatic carbocycles. The second-order valence-electron chi connectivity index (χ2n) is 3.94. The molecule has 0 atom stereocenters. The second kappa shape index (κ2) is 8.00. The van der Waals surface area contributed by atoms with E-state index in [0.29, 0.717) is 19.7 Å². The fraction of sp³-hybridized carbons (Fsp3) is 0.462. The van der Waals surface area contributed by atoms with Gasteiger partial charge >= 0.3 is 5.97 Å². The molecule has 0 saturated carbocycles. The van der Waals surface area contributed by atoms with Crippen LogP contribution in [0.25, 0.3) is 0 Å². The molecule has 18 heavy (non-hydrogen) atoms. The van der Waals surface area contributed by atoms with Crippen molar-refractivity contribution in [2.24, 2.45) is 0 Å². The Hall–Kier alpha value is -1.20. The maximum atomic E-state index is 11.1. The summed E-state index contributed by atoms with van der Waals surface area (Å²) in [6.07, 6.45) is 0. The minimum Gasteiger partial charge on any atom is -0.465 e. The van der Waals surface area contributed by atoms with E-state index in [1.165, 1.54) is 5.56 Å². The monoisotopic (exact) mass is 268 g/mol. The number of hydrogen-bond acceptors (Lipinski definition) is 5. The third kappa shape index (κ3) is 5.42. The van der Waals surface area contributed by atoms with Crippen LogP contribution in [0.2, 0.25) is 0 Å². The predicted octanol–water partition coefficient (Wildman–Crippen LogP) is 1.80. The third-order valence-electron chi connectivity index (χ3n) is 2.37. The van der Waals surface area contributed by atoms with Gasteiger partial charge in [-0.15, -0.1) is 0 Å². The number of benzene rings is 1. The van der Waals surface area contributed by atoms with E-state index in [9.17, 15) is 4.79 Å². The van der Waals surface area contributed by atoms with Crippen molar-refractivity contribution in [1.82, 2.24) is 5.32 Å². The highest BCUT2D eigenvalue weighted by molar-refractivity contribution is 7.81. The minimum atomic E-state index is -0.223. The van der Waals surface area contributed by atoms with Gasteiger partial charge in [-0.2, -0.15) is 0 Å². The fourth-order valence-corrected chi connectivity index (χ4v) is 1.73. The van der Waals surface area contributed by atoms with Crippen LogP contribution in [-0.2, 0) is 9.53 Å². The van der Waals surface area contributed by atoms with Crippen LogP contribution in [0.5, 0.6) is 0 Å². The van der Waals surface area contributed by atoms with E-state index in [1.807, 2.05) is 29.4 Å². The molecule has 0 unspecified atom stereocenters. The SMILES string of the molecule is CCOC(=O)CNCCN(S)c1cccc(C)c1. The van der Waals surface area contributed by atoms with E-state index in [2.05, 4.69) is 24.2 Å². The van der Waals surface area contributed by atoms with E-state index < -0.39 is 0 Å². The van der Waals surface area contributed by atoms with Crippen LogP contribution in [0.1, 0.15) is 12.5 Å². The van der Waals surface area contributed by atoms with Gasteiger partial charge in [0, 0.05) is 18.8 Å². The van der Waals surface area contributed by atoms with E-state index in [4.69, 9.17) is 4.74 Å². The average Bonchev–Trinajstić information content (AvgIpc) is 2.35. The van der Waals surface area contributed by atoms with Gasteiger partial charge in [-0.3, -0.25) is 4.79 Å². The van der Waals surface area contributed by atoms with Gasteiger partial charge in [0.15, 0.2) is 0 Å². The van der Waals surface area contributed by atoms with E-state index in [1.54, 1.807) is 6.92 Å². The number of nitrogens with one attached hydrogen (secondary N) is 1. The molecule has 5 heteroatoms. The number of thiol groups is 1. The van der Waals surface area contributed by atoms with Crippen molar-refractivity contribution in [3.63, 3.8) is 0 Å². The van der Waals surface area contributed by atoms with Crippen molar-refractivity contribution < 1.29 is 9.53 Å². The first-order chi connectivity index (χ1) is 8.63. The number of hydrogen-bond donors (Lipinski definition) is 2. The first-order valence-corrected chi connectivity index (χ1v) is 6.43. The topological polar surface area (TPSA) is 41.6 Å². The highest BCUT2D eigenvalue weighted by Gasteiger charge is 2.03. The van der Waals surface area contributed by atoms with Crippen molar-refractivity contribution >= 4 is 24.5 Å². The lowest BCUT2D eigenvalue weighted by Crippen LogP contribution is -2.31. The molecule has 1 N–H and O–H groups in total. The van der Waals surface area contributed by atoms with Gasteiger partial charge in [0.2, 0.25) is 0 Å². The van der Waals surface area contributed by atoms with Crippen molar-refractivity contribution in [3.8, 4) is 0 Å². The molecule has 0 fully saturated rings. The minimum absolute atomic E-state index is 0.223. The zero-order valence-corrected chi connectivity index (χ0v) is 11.7. The molecule has 0 spiro atoms. The second-order valence-corrected chi connectivity index (χ2v) is 4.43. The van der Waals surface area contributed by atoms with Crippen molar-refractivity contribution in [3.05, 3.63) is 29.8 Å². The van der Waals surface area contributed by atoms with E-state index in [-0.39, 0.29) is 12.5 Å². The molecular formula is C13H20N2O2S. The van der Waals surface area contributed by atoms with Crippen molar-refractivity contribution in [2.45, 2.75) is 13.8 Å². The molecule has 0 bridgehead atoms. The number of anilines is 1. The smallest absolute Gasteiger partial charge is 0.319 e. The molecule has 1 aromatic rings. The largest absolute Gasteiger partial charge is 0.465 e. The van der Waals surface area contributed by atoms with Crippen LogP contribution in [-0.4, -0.2) is 32.2 Å². The summed E-state index contributed by atoms with van der Waals surface area (Å²) in [6, 6.07) is 8.12. The average molecular weight is 268 g/mol. The molecule has 0 amide bonds. The first kappa shape index (κ1) is 14.9. The molecule has 0 heterocycles. The highest BCUT2D eigenvalue weighted by atomic mass is 32.1. The highest BCUT2D eigenvalue weighted by Crippen LogP contribution is 2.16. The summed E-state index contributed by atoms with van der Waals surface area (Å²) in [7, 11) is 0. The Labute approximate surface area is 114 Å². The van der Waals surface area contributed by atoms with Gasteiger partial charge in [0.1, 0.15) is 0 Å². The molecular weight excluding hydrogens is 248 g/mol. The quantitative estimate of drug-likeness (QED) is 0.449. The Balaban J connectivity index is 2.25.